The first-order valence-electron chi connectivity index (χ1n) is 5.65. The van der Waals surface area contributed by atoms with Crippen LogP contribution in [0.1, 0.15) is 24.0 Å². The molecule has 0 spiro atoms. The third-order valence-electron chi connectivity index (χ3n) is 2.58. The number of aromatic nitrogens is 2. The van der Waals surface area contributed by atoms with Crippen LogP contribution in [0.2, 0.25) is 0 Å². The number of rotatable bonds is 3. The largest absolute Gasteiger partial charge is 0.383 e. The van der Waals surface area contributed by atoms with Crippen LogP contribution in [0.4, 0.5) is 10.2 Å². The molecule has 0 unspecified atom stereocenters. The number of benzene rings is 1. The average Bonchev–Trinajstić information content (AvgIpc) is 2.33. The zero-order chi connectivity index (χ0) is 13.1. The van der Waals surface area contributed by atoms with E-state index in [4.69, 9.17) is 5.73 Å². The number of hydrogen-bond acceptors (Lipinski definition) is 3. The van der Waals surface area contributed by atoms with E-state index in [1.54, 1.807) is 6.07 Å². The Labute approximate surface area is 119 Å². The first-order valence-corrected chi connectivity index (χ1v) is 6.73. The quantitative estimate of drug-likeness (QED) is 0.860. The van der Waals surface area contributed by atoms with Crippen LogP contribution in [0, 0.1) is 9.39 Å². The number of hydrogen-bond donors (Lipinski definition) is 1. The van der Waals surface area contributed by atoms with Gasteiger partial charge in [-0.15, -0.1) is 0 Å². The Kier molecular flexibility index (Phi) is 4.11. The molecule has 0 amide bonds. The summed E-state index contributed by atoms with van der Waals surface area (Å²) in [6.45, 7) is 2.02. The van der Waals surface area contributed by atoms with Gasteiger partial charge in [-0.3, -0.25) is 0 Å². The van der Waals surface area contributed by atoms with Gasteiger partial charge in [0.25, 0.3) is 0 Å². The molecule has 2 rings (SSSR count). The van der Waals surface area contributed by atoms with Gasteiger partial charge in [0, 0.05) is 6.42 Å². The summed E-state index contributed by atoms with van der Waals surface area (Å²) < 4.78 is 14.0. The molecule has 18 heavy (non-hydrogen) atoms. The highest BCUT2D eigenvalue weighted by Crippen LogP contribution is 2.18. The smallest absolute Gasteiger partial charge is 0.140 e. The summed E-state index contributed by atoms with van der Waals surface area (Å²) in [6, 6.07) is 6.45. The molecule has 0 bridgehead atoms. The number of nitrogens with two attached hydrogens (primary N) is 1. The standard InChI is InChI=1S/C13H13FIN3/c1-2-10-12(15)13(16)18-11(17-10)7-8-4-3-5-9(14)6-8/h3-6H,2,7H2,1H3,(H2,16,17,18). The number of anilines is 1. The lowest BCUT2D eigenvalue weighted by atomic mass is 10.1. The van der Waals surface area contributed by atoms with Crippen molar-refractivity contribution >= 4 is 28.4 Å². The summed E-state index contributed by atoms with van der Waals surface area (Å²) in [6.07, 6.45) is 1.30. The maximum Gasteiger partial charge on any atom is 0.140 e. The minimum atomic E-state index is -0.248. The summed E-state index contributed by atoms with van der Waals surface area (Å²) in [7, 11) is 0. The highest BCUT2D eigenvalue weighted by Gasteiger charge is 2.09. The fraction of sp³-hybridized carbons (Fsp3) is 0.231. The number of halogens is 2. The highest BCUT2D eigenvalue weighted by atomic mass is 127. The predicted octanol–water partition coefficient (Wildman–Crippen LogP) is 2.96. The summed E-state index contributed by atoms with van der Waals surface area (Å²) >= 11 is 2.15. The van der Waals surface area contributed by atoms with Crippen molar-refractivity contribution in [2.24, 2.45) is 0 Å². The lowest BCUT2D eigenvalue weighted by molar-refractivity contribution is 0.625. The molecule has 5 heteroatoms. The van der Waals surface area contributed by atoms with Gasteiger partial charge in [0.15, 0.2) is 0 Å². The van der Waals surface area contributed by atoms with E-state index in [2.05, 4.69) is 32.6 Å². The van der Waals surface area contributed by atoms with Gasteiger partial charge in [-0.2, -0.15) is 0 Å². The van der Waals surface area contributed by atoms with Gasteiger partial charge >= 0.3 is 0 Å². The van der Waals surface area contributed by atoms with Gasteiger partial charge in [-0.25, -0.2) is 14.4 Å². The molecule has 0 radical (unpaired) electrons. The molecule has 2 N–H and O–H groups in total. The molecule has 0 aliphatic rings. The Morgan fingerprint density at radius 3 is 2.78 bits per heavy atom. The van der Waals surface area contributed by atoms with Crippen LogP contribution < -0.4 is 5.73 Å². The van der Waals surface area contributed by atoms with Crippen LogP contribution in [0.25, 0.3) is 0 Å². The van der Waals surface area contributed by atoms with Gasteiger partial charge in [0.1, 0.15) is 17.5 Å². The van der Waals surface area contributed by atoms with Crippen molar-refractivity contribution in [3.63, 3.8) is 0 Å². The van der Waals surface area contributed by atoms with Crippen molar-refractivity contribution in [2.75, 3.05) is 5.73 Å². The molecule has 1 heterocycles. The summed E-state index contributed by atoms with van der Waals surface area (Å²) in [5, 5.41) is 0. The molecule has 94 valence electrons. The van der Waals surface area contributed by atoms with E-state index < -0.39 is 0 Å². The first-order chi connectivity index (χ1) is 8.60. The highest BCUT2D eigenvalue weighted by molar-refractivity contribution is 14.1. The molecule has 0 saturated carbocycles. The molecule has 0 saturated heterocycles. The monoisotopic (exact) mass is 357 g/mol. The second-order valence-corrected chi connectivity index (χ2v) is 5.02. The number of nitrogen functional groups attached to an aromatic ring is 1. The summed E-state index contributed by atoms with van der Waals surface area (Å²) in [4.78, 5) is 8.70. The van der Waals surface area contributed by atoms with Crippen LogP contribution in [0.15, 0.2) is 24.3 Å². The van der Waals surface area contributed by atoms with Gasteiger partial charge in [-0.05, 0) is 46.7 Å². The molecular weight excluding hydrogens is 344 g/mol. The normalized spacial score (nSPS) is 10.6. The Hall–Kier alpha value is -1.24. The maximum atomic E-state index is 13.1. The minimum absolute atomic E-state index is 0.248. The lowest BCUT2D eigenvalue weighted by Crippen LogP contribution is -2.07. The van der Waals surface area contributed by atoms with E-state index in [-0.39, 0.29) is 5.82 Å². The summed E-state index contributed by atoms with van der Waals surface area (Å²) in [5.41, 5.74) is 7.63. The van der Waals surface area contributed by atoms with E-state index in [0.717, 1.165) is 21.2 Å². The molecule has 0 fully saturated rings. The second-order valence-electron chi connectivity index (χ2n) is 3.95. The summed E-state index contributed by atoms with van der Waals surface area (Å²) in [5.74, 6) is 0.880. The minimum Gasteiger partial charge on any atom is -0.383 e. The predicted molar refractivity (Wildman–Crippen MR) is 77.7 cm³/mol. The van der Waals surface area contributed by atoms with E-state index >= 15 is 0 Å². The zero-order valence-electron chi connectivity index (χ0n) is 9.95. The van der Waals surface area contributed by atoms with Crippen molar-refractivity contribution in [2.45, 2.75) is 19.8 Å². The Bertz CT molecular complexity index is 572. The molecule has 2 aromatic rings. The fourth-order valence-corrected chi connectivity index (χ4v) is 2.33. The van der Waals surface area contributed by atoms with Crippen LogP contribution in [0.3, 0.4) is 0 Å². The third-order valence-corrected chi connectivity index (χ3v) is 3.75. The van der Waals surface area contributed by atoms with Crippen molar-refractivity contribution < 1.29 is 4.39 Å². The van der Waals surface area contributed by atoms with Gasteiger partial charge in [0.05, 0.1) is 9.26 Å². The average molecular weight is 357 g/mol. The van der Waals surface area contributed by atoms with Crippen LogP contribution in [-0.2, 0) is 12.8 Å². The molecule has 1 aromatic heterocycles. The topological polar surface area (TPSA) is 51.8 Å². The molecular formula is C13H13FIN3. The van der Waals surface area contributed by atoms with Crippen molar-refractivity contribution in [1.82, 2.24) is 9.97 Å². The fourth-order valence-electron chi connectivity index (χ4n) is 1.71. The Balaban J connectivity index is 2.32. The van der Waals surface area contributed by atoms with Crippen molar-refractivity contribution in [3.05, 3.63) is 50.7 Å². The van der Waals surface area contributed by atoms with Crippen molar-refractivity contribution in [3.8, 4) is 0 Å². The van der Waals surface area contributed by atoms with Gasteiger partial charge in [-0.1, -0.05) is 19.1 Å². The molecule has 1 aromatic carbocycles. The zero-order valence-corrected chi connectivity index (χ0v) is 12.1. The van der Waals surface area contributed by atoms with E-state index in [9.17, 15) is 4.39 Å². The SMILES string of the molecule is CCc1nc(Cc2cccc(F)c2)nc(N)c1I. The van der Waals surface area contributed by atoms with Gasteiger partial charge < -0.3 is 5.73 Å². The molecule has 0 aliphatic heterocycles. The number of aryl methyl sites for hydroxylation is 1. The Morgan fingerprint density at radius 2 is 2.11 bits per heavy atom. The van der Waals surface area contributed by atoms with E-state index in [0.29, 0.717) is 18.1 Å². The lowest BCUT2D eigenvalue weighted by Gasteiger charge is -2.07. The first kappa shape index (κ1) is 13.2. The van der Waals surface area contributed by atoms with Crippen LogP contribution in [-0.4, -0.2) is 9.97 Å². The molecule has 0 atom stereocenters. The second kappa shape index (κ2) is 5.60. The Morgan fingerprint density at radius 1 is 1.33 bits per heavy atom. The molecule has 0 aliphatic carbocycles. The third kappa shape index (κ3) is 2.95. The van der Waals surface area contributed by atoms with E-state index in [1.807, 2.05) is 13.0 Å². The number of nitrogens with zero attached hydrogens (tertiary/aromatic N) is 2. The van der Waals surface area contributed by atoms with Crippen molar-refractivity contribution in [1.29, 1.82) is 0 Å². The van der Waals surface area contributed by atoms with Crippen LogP contribution >= 0.6 is 22.6 Å². The van der Waals surface area contributed by atoms with Gasteiger partial charge in [0.2, 0.25) is 0 Å². The van der Waals surface area contributed by atoms with E-state index in [1.165, 1.54) is 12.1 Å². The van der Waals surface area contributed by atoms with Crippen LogP contribution in [0.5, 0.6) is 0 Å². The molecule has 3 nitrogen and oxygen atoms in total. The maximum absolute atomic E-state index is 13.1.